The van der Waals surface area contributed by atoms with Gasteiger partial charge < -0.3 is 15.0 Å². The van der Waals surface area contributed by atoms with Crippen LogP contribution in [0.3, 0.4) is 0 Å². The second-order valence-electron chi connectivity index (χ2n) is 7.58. The number of rotatable bonds is 5. The zero-order valence-corrected chi connectivity index (χ0v) is 15.4. The van der Waals surface area contributed by atoms with E-state index in [0.29, 0.717) is 24.5 Å². The van der Waals surface area contributed by atoms with Crippen molar-refractivity contribution in [1.29, 1.82) is 0 Å². The molecular formula is C18H24N2O3Si. The first kappa shape index (κ1) is 16.9. The Bertz CT molecular complexity index is 681. The molecule has 0 saturated carbocycles. The summed E-state index contributed by atoms with van der Waals surface area (Å²) in [6.07, 6.45) is 3.63. The van der Waals surface area contributed by atoms with E-state index in [-0.39, 0.29) is 17.7 Å². The van der Waals surface area contributed by atoms with Gasteiger partial charge in [-0.25, -0.2) is 0 Å². The third kappa shape index (κ3) is 3.44. The van der Waals surface area contributed by atoms with E-state index in [1.807, 2.05) is 12.1 Å². The molecule has 0 fully saturated rings. The van der Waals surface area contributed by atoms with Crippen molar-refractivity contribution in [2.45, 2.75) is 31.7 Å². The molecule has 0 radical (unpaired) electrons. The van der Waals surface area contributed by atoms with Gasteiger partial charge in [0.15, 0.2) is 0 Å². The Kier molecular flexibility index (Phi) is 4.60. The van der Waals surface area contributed by atoms with Crippen LogP contribution in [0.15, 0.2) is 36.5 Å². The van der Waals surface area contributed by atoms with Gasteiger partial charge in [0, 0.05) is 26.8 Å². The van der Waals surface area contributed by atoms with Crippen molar-refractivity contribution in [2.24, 2.45) is 5.92 Å². The Labute approximate surface area is 143 Å². The minimum atomic E-state index is -1.13. The summed E-state index contributed by atoms with van der Waals surface area (Å²) in [5, 5.41) is 2.88. The lowest BCUT2D eigenvalue weighted by Crippen LogP contribution is -2.44. The van der Waals surface area contributed by atoms with Crippen molar-refractivity contribution in [1.82, 2.24) is 4.90 Å². The third-order valence-electron chi connectivity index (χ3n) is 4.42. The highest BCUT2D eigenvalue weighted by molar-refractivity contribution is 6.76. The van der Waals surface area contributed by atoms with Crippen LogP contribution in [0.5, 0.6) is 0 Å². The maximum absolute atomic E-state index is 12.7. The van der Waals surface area contributed by atoms with Crippen molar-refractivity contribution in [3.05, 3.63) is 42.1 Å². The van der Waals surface area contributed by atoms with Gasteiger partial charge in [0.25, 0.3) is 5.91 Å². The topological polar surface area (TPSA) is 58.6 Å². The quantitative estimate of drug-likeness (QED) is 0.660. The molecule has 6 heteroatoms. The molecule has 0 aromatic heterocycles. The summed E-state index contributed by atoms with van der Waals surface area (Å²) in [4.78, 5) is 26.9. The summed E-state index contributed by atoms with van der Waals surface area (Å²) in [5.41, 5.74) is 1.10. The number of para-hydroxylation sites is 1. The van der Waals surface area contributed by atoms with Crippen LogP contribution in [0, 0.1) is 5.92 Å². The Hall–Kier alpha value is -1.92. The number of anilines is 1. The molecule has 2 heterocycles. The number of hydrogen-bond donors (Lipinski definition) is 1. The molecule has 24 heavy (non-hydrogen) atoms. The number of amides is 2. The highest BCUT2D eigenvalue weighted by Gasteiger charge is 2.41. The number of carbonyl (C=O) groups is 2. The van der Waals surface area contributed by atoms with Crippen LogP contribution in [0.25, 0.3) is 0 Å². The van der Waals surface area contributed by atoms with Crippen LogP contribution in [0.1, 0.15) is 10.4 Å². The van der Waals surface area contributed by atoms with E-state index in [1.54, 1.807) is 24.4 Å². The molecule has 1 aromatic carbocycles. The van der Waals surface area contributed by atoms with Gasteiger partial charge in [-0.1, -0.05) is 37.8 Å². The minimum Gasteiger partial charge on any atom is -0.381 e. The van der Waals surface area contributed by atoms with Crippen molar-refractivity contribution < 1.29 is 14.3 Å². The van der Waals surface area contributed by atoms with Crippen molar-refractivity contribution in [3.63, 3.8) is 0 Å². The van der Waals surface area contributed by atoms with E-state index < -0.39 is 14.1 Å². The maximum Gasteiger partial charge on any atom is 0.260 e. The maximum atomic E-state index is 12.7. The van der Waals surface area contributed by atoms with E-state index in [9.17, 15) is 9.59 Å². The number of benzene rings is 1. The average Bonchev–Trinajstić information content (AvgIpc) is 2.90. The first-order chi connectivity index (χ1) is 11.4. The smallest absolute Gasteiger partial charge is 0.260 e. The fourth-order valence-electron chi connectivity index (χ4n) is 2.99. The van der Waals surface area contributed by atoms with Gasteiger partial charge in [0.1, 0.15) is 6.04 Å². The molecule has 5 nitrogen and oxygen atoms in total. The summed E-state index contributed by atoms with van der Waals surface area (Å²) < 4.78 is 5.81. The fourth-order valence-corrected chi connectivity index (χ4v) is 3.75. The second kappa shape index (κ2) is 6.53. The fraction of sp³-hybridized carbons (Fsp3) is 0.444. The molecule has 2 unspecified atom stereocenters. The van der Waals surface area contributed by atoms with Gasteiger partial charge >= 0.3 is 0 Å². The lowest BCUT2D eigenvalue weighted by atomic mass is 10.0. The first-order valence-electron chi connectivity index (χ1n) is 8.35. The molecule has 0 saturated heterocycles. The Balaban J connectivity index is 1.70. The molecule has 3 rings (SSSR count). The van der Waals surface area contributed by atoms with Crippen molar-refractivity contribution in [2.75, 3.05) is 18.5 Å². The SMILES string of the molecule is C[Si](C)(C)CCOCC1C=CN2C(=O)c3ccccc3NC(=O)C12. The van der Waals surface area contributed by atoms with E-state index in [1.165, 1.54) is 4.90 Å². The van der Waals surface area contributed by atoms with Crippen LogP contribution in [0.4, 0.5) is 5.69 Å². The summed E-state index contributed by atoms with van der Waals surface area (Å²) in [7, 11) is -1.13. The number of carbonyl (C=O) groups excluding carboxylic acids is 2. The normalized spacial score (nSPS) is 22.9. The first-order valence-corrected chi connectivity index (χ1v) is 12.1. The van der Waals surface area contributed by atoms with Crippen LogP contribution in [0.2, 0.25) is 25.7 Å². The zero-order chi connectivity index (χ0) is 17.3. The zero-order valence-electron chi connectivity index (χ0n) is 14.4. The van der Waals surface area contributed by atoms with E-state index in [4.69, 9.17) is 4.74 Å². The second-order valence-corrected chi connectivity index (χ2v) is 13.2. The van der Waals surface area contributed by atoms with E-state index in [2.05, 4.69) is 25.0 Å². The van der Waals surface area contributed by atoms with Gasteiger partial charge in [-0.2, -0.15) is 0 Å². The summed E-state index contributed by atoms with van der Waals surface area (Å²) in [6, 6.07) is 7.68. The van der Waals surface area contributed by atoms with E-state index >= 15 is 0 Å². The standard InChI is InChI=1S/C18H24N2O3Si/c1-24(2,3)11-10-23-12-13-8-9-20-16(13)17(21)19-15-7-5-4-6-14(15)18(20)22/h4-9,13,16H,10-12H2,1-3H3,(H,19,21). The lowest BCUT2D eigenvalue weighted by Gasteiger charge is -2.24. The van der Waals surface area contributed by atoms with Gasteiger partial charge in [0.05, 0.1) is 17.9 Å². The van der Waals surface area contributed by atoms with Crippen LogP contribution in [-0.2, 0) is 9.53 Å². The largest absolute Gasteiger partial charge is 0.381 e. The third-order valence-corrected chi connectivity index (χ3v) is 6.13. The Morgan fingerprint density at radius 2 is 1.96 bits per heavy atom. The predicted octanol–water partition coefficient (Wildman–Crippen LogP) is 2.95. The van der Waals surface area contributed by atoms with E-state index in [0.717, 1.165) is 6.04 Å². The molecule has 0 bridgehead atoms. The molecule has 128 valence electrons. The molecular weight excluding hydrogens is 320 g/mol. The minimum absolute atomic E-state index is 0.107. The number of hydrogen-bond acceptors (Lipinski definition) is 3. The highest BCUT2D eigenvalue weighted by Crippen LogP contribution is 2.30. The average molecular weight is 344 g/mol. The number of ether oxygens (including phenoxy) is 1. The van der Waals surface area contributed by atoms with Gasteiger partial charge in [-0.05, 0) is 18.2 Å². The molecule has 2 aliphatic rings. The molecule has 2 aliphatic heterocycles. The van der Waals surface area contributed by atoms with Crippen LogP contribution in [-0.4, -0.2) is 44.0 Å². The molecule has 0 spiro atoms. The van der Waals surface area contributed by atoms with Gasteiger partial charge in [-0.15, -0.1) is 0 Å². The Morgan fingerprint density at radius 1 is 1.21 bits per heavy atom. The number of fused-ring (bicyclic) bond motifs is 2. The highest BCUT2D eigenvalue weighted by atomic mass is 28.3. The monoisotopic (exact) mass is 344 g/mol. The molecule has 2 amide bonds. The van der Waals surface area contributed by atoms with Gasteiger partial charge in [-0.3, -0.25) is 9.59 Å². The Morgan fingerprint density at radius 3 is 2.71 bits per heavy atom. The van der Waals surface area contributed by atoms with Crippen LogP contribution < -0.4 is 5.32 Å². The van der Waals surface area contributed by atoms with Crippen LogP contribution >= 0.6 is 0 Å². The molecule has 0 aliphatic carbocycles. The van der Waals surface area contributed by atoms with Gasteiger partial charge in [0.2, 0.25) is 5.91 Å². The molecule has 1 N–H and O–H groups in total. The summed E-state index contributed by atoms with van der Waals surface area (Å²) in [5.74, 6) is -0.406. The lowest BCUT2D eigenvalue weighted by molar-refractivity contribution is -0.121. The number of nitrogens with zero attached hydrogens (tertiary/aromatic N) is 1. The van der Waals surface area contributed by atoms with Crippen molar-refractivity contribution in [3.8, 4) is 0 Å². The predicted molar refractivity (Wildman–Crippen MR) is 96.6 cm³/mol. The number of nitrogens with one attached hydrogen (secondary N) is 1. The summed E-state index contributed by atoms with van der Waals surface area (Å²) in [6.45, 7) is 8.09. The molecule has 2 atom stereocenters. The summed E-state index contributed by atoms with van der Waals surface area (Å²) >= 11 is 0. The van der Waals surface area contributed by atoms with Crippen molar-refractivity contribution >= 4 is 25.6 Å². The molecule has 1 aromatic rings.